The van der Waals surface area contributed by atoms with E-state index in [9.17, 15) is 9.59 Å². The number of hydrogen-bond acceptors (Lipinski definition) is 5. The quantitative estimate of drug-likeness (QED) is 0.793. The number of rotatable bonds is 4. The molecule has 1 atom stereocenters. The van der Waals surface area contributed by atoms with Gasteiger partial charge in [0.05, 0.1) is 17.3 Å². The maximum atomic E-state index is 13.2. The smallest absolute Gasteiger partial charge is 0.274 e. The molecule has 0 spiro atoms. The third kappa shape index (κ3) is 4.12. The van der Waals surface area contributed by atoms with Gasteiger partial charge in [0, 0.05) is 44.8 Å². The Morgan fingerprint density at radius 3 is 2.72 bits per heavy atom. The Kier molecular flexibility index (Phi) is 6.13. The molecule has 2 aliphatic heterocycles. The highest BCUT2D eigenvalue weighted by Gasteiger charge is 2.33. The number of aryl methyl sites for hydroxylation is 1. The molecule has 2 fully saturated rings. The average Bonchev–Trinajstić information content (AvgIpc) is 3.33. The summed E-state index contributed by atoms with van der Waals surface area (Å²) in [6, 6.07) is 2.18. The van der Waals surface area contributed by atoms with Crippen molar-refractivity contribution in [3.05, 3.63) is 45.4 Å². The van der Waals surface area contributed by atoms with Crippen molar-refractivity contribution < 1.29 is 4.79 Å². The molecule has 0 bridgehead atoms. The Labute approximate surface area is 189 Å². The topological polar surface area (TPSA) is 87.1 Å². The lowest BCUT2D eigenvalue weighted by Gasteiger charge is -2.38. The number of aromatic amines is 1. The third-order valence-corrected chi connectivity index (χ3v) is 7.47. The van der Waals surface area contributed by atoms with Crippen molar-refractivity contribution in [1.29, 1.82) is 0 Å². The van der Waals surface area contributed by atoms with Crippen molar-refractivity contribution in [1.82, 2.24) is 29.5 Å². The first kappa shape index (κ1) is 21.4. The molecule has 3 aliphatic rings. The summed E-state index contributed by atoms with van der Waals surface area (Å²) in [6.45, 7) is 5.06. The number of amides is 1. The summed E-state index contributed by atoms with van der Waals surface area (Å²) in [6.07, 6.45) is 11.9. The number of nitrogens with one attached hydrogen (secondary N) is 1. The highest BCUT2D eigenvalue weighted by atomic mass is 16.2. The Hall–Kier alpha value is -2.48. The Balaban J connectivity index is 1.38. The van der Waals surface area contributed by atoms with Crippen LogP contribution in [0.15, 0.2) is 17.1 Å². The highest BCUT2D eigenvalue weighted by molar-refractivity contribution is 5.92. The van der Waals surface area contributed by atoms with E-state index in [4.69, 9.17) is 4.98 Å². The second-order valence-electron chi connectivity index (χ2n) is 9.46. The molecule has 5 rings (SSSR count). The van der Waals surface area contributed by atoms with Crippen LogP contribution in [-0.2, 0) is 19.5 Å². The zero-order valence-electron chi connectivity index (χ0n) is 19.1. The van der Waals surface area contributed by atoms with Gasteiger partial charge in [-0.25, -0.2) is 4.98 Å². The predicted molar refractivity (Wildman–Crippen MR) is 121 cm³/mol. The molecule has 1 N–H and O–H groups in total. The van der Waals surface area contributed by atoms with Gasteiger partial charge in [-0.1, -0.05) is 19.3 Å². The summed E-state index contributed by atoms with van der Waals surface area (Å²) in [4.78, 5) is 38.7. The number of nitrogens with zero attached hydrogens (tertiary/aromatic N) is 5. The van der Waals surface area contributed by atoms with Crippen LogP contribution in [0, 0.1) is 0 Å². The van der Waals surface area contributed by atoms with Crippen molar-refractivity contribution in [2.24, 2.45) is 0 Å². The molecular formula is C24H34N6O2. The molecule has 172 valence electrons. The van der Waals surface area contributed by atoms with Crippen LogP contribution in [0.5, 0.6) is 0 Å². The van der Waals surface area contributed by atoms with E-state index >= 15 is 0 Å². The van der Waals surface area contributed by atoms with Gasteiger partial charge in [0.1, 0.15) is 11.5 Å². The lowest BCUT2D eigenvalue weighted by molar-refractivity contribution is 0.0591. The summed E-state index contributed by atoms with van der Waals surface area (Å²) < 4.78 is 1.77. The third-order valence-electron chi connectivity index (χ3n) is 7.47. The zero-order valence-corrected chi connectivity index (χ0v) is 19.1. The normalized spacial score (nSPS) is 22.7. The number of piperidine rings is 1. The van der Waals surface area contributed by atoms with Gasteiger partial charge >= 0.3 is 0 Å². The van der Waals surface area contributed by atoms with E-state index in [0.717, 1.165) is 50.0 Å². The number of aromatic nitrogens is 4. The molecule has 2 aromatic heterocycles. The van der Waals surface area contributed by atoms with Crippen LogP contribution in [-0.4, -0.2) is 54.6 Å². The first-order valence-corrected chi connectivity index (χ1v) is 12.3. The number of hydrogen-bond donors (Lipinski definition) is 1. The van der Waals surface area contributed by atoms with E-state index in [2.05, 4.69) is 15.0 Å². The highest BCUT2D eigenvalue weighted by Crippen LogP contribution is 2.31. The Bertz CT molecular complexity index is 1020. The van der Waals surface area contributed by atoms with E-state index in [1.807, 2.05) is 18.0 Å². The minimum atomic E-state index is -0.197. The zero-order chi connectivity index (χ0) is 22.1. The lowest BCUT2D eigenvalue weighted by atomic mass is 9.92. The van der Waals surface area contributed by atoms with Crippen LogP contribution >= 0.6 is 0 Å². The minimum absolute atomic E-state index is 0.0289. The maximum Gasteiger partial charge on any atom is 0.274 e. The molecule has 4 heterocycles. The molecule has 32 heavy (non-hydrogen) atoms. The van der Waals surface area contributed by atoms with Crippen molar-refractivity contribution >= 4 is 5.91 Å². The molecule has 1 amide bonds. The fourth-order valence-electron chi connectivity index (χ4n) is 5.64. The van der Waals surface area contributed by atoms with Gasteiger partial charge in [0.25, 0.3) is 11.5 Å². The molecule has 1 aliphatic carbocycles. The van der Waals surface area contributed by atoms with E-state index in [1.54, 1.807) is 10.7 Å². The summed E-state index contributed by atoms with van der Waals surface area (Å²) in [5.74, 6) is 0.564. The monoisotopic (exact) mass is 438 g/mol. The number of fused-ring (bicyclic) bond motifs is 1. The minimum Gasteiger partial charge on any atom is -0.327 e. The van der Waals surface area contributed by atoms with Gasteiger partial charge in [-0.3, -0.25) is 19.2 Å². The lowest BCUT2D eigenvalue weighted by Crippen LogP contribution is -2.44. The number of likely N-dealkylation sites (tertiary alicyclic amines) is 1. The van der Waals surface area contributed by atoms with Gasteiger partial charge in [-0.05, 0) is 45.1 Å². The van der Waals surface area contributed by atoms with Gasteiger partial charge in [-0.2, -0.15) is 5.10 Å². The summed E-state index contributed by atoms with van der Waals surface area (Å²) >= 11 is 0. The van der Waals surface area contributed by atoms with Crippen LogP contribution in [0.4, 0.5) is 0 Å². The van der Waals surface area contributed by atoms with Crippen molar-refractivity contribution in [3.63, 3.8) is 0 Å². The van der Waals surface area contributed by atoms with Gasteiger partial charge in [-0.15, -0.1) is 0 Å². The Morgan fingerprint density at radius 2 is 1.94 bits per heavy atom. The number of carbonyl (C=O) groups excluding carboxylic acids is 1. The molecule has 1 saturated carbocycles. The van der Waals surface area contributed by atoms with Gasteiger partial charge < -0.3 is 9.88 Å². The maximum absolute atomic E-state index is 13.2. The second kappa shape index (κ2) is 9.17. The van der Waals surface area contributed by atoms with E-state index in [1.165, 1.54) is 32.1 Å². The molecule has 8 nitrogen and oxygen atoms in total. The van der Waals surface area contributed by atoms with Crippen LogP contribution in [0.3, 0.4) is 0 Å². The van der Waals surface area contributed by atoms with Crippen LogP contribution < -0.4 is 5.56 Å². The summed E-state index contributed by atoms with van der Waals surface area (Å²) in [5.41, 5.74) is 2.17. The van der Waals surface area contributed by atoms with Crippen molar-refractivity contribution in [2.45, 2.75) is 89.9 Å². The van der Waals surface area contributed by atoms with Crippen molar-refractivity contribution in [2.75, 3.05) is 13.1 Å². The van der Waals surface area contributed by atoms with E-state index < -0.39 is 0 Å². The standard InChI is InChI=1S/C24H34N6O2/c1-2-29-15-12-20(27-29)24(32)30-13-7-6-10-21(30)22-25-19-11-14-28(16-18(19)23(31)26-22)17-8-4-3-5-9-17/h12,15,17,21H,2-11,13-14,16H2,1H3,(H,25,26,31)/t21-/m1/s1. The van der Waals surface area contributed by atoms with Gasteiger partial charge in [0.15, 0.2) is 0 Å². The predicted octanol–water partition coefficient (Wildman–Crippen LogP) is 3.04. The second-order valence-corrected chi connectivity index (χ2v) is 9.46. The molecule has 0 aromatic carbocycles. The molecule has 0 radical (unpaired) electrons. The fraction of sp³-hybridized carbons (Fsp3) is 0.667. The number of H-pyrrole nitrogens is 1. The van der Waals surface area contributed by atoms with Crippen LogP contribution in [0.1, 0.15) is 91.9 Å². The van der Waals surface area contributed by atoms with Crippen LogP contribution in [0.25, 0.3) is 0 Å². The largest absolute Gasteiger partial charge is 0.327 e. The van der Waals surface area contributed by atoms with E-state index in [-0.39, 0.29) is 17.5 Å². The first-order chi connectivity index (χ1) is 15.6. The average molecular weight is 439 g/mol. The molecule has 0 unspecified atom stereocenters. The summed E-state index contributed by atoms with van der Waals surface area (Å²) in [7, 11) is 0. The first-order valence-electron chi connectivity index (χ1n) is 12.3. The molecule has 1 saturated heterocycles. The van der Waals surface area contributed by atoms with Crippen LogP contribution in [0.2, 0.25) is 0 Å². The fourth-order valence-corrected chi connectivity index (χ4v) is 5.64. The van der Waals surface area contributed by atoms with Gasteiger partial charge in [0.2, 0.25) is 0 Å². The number of carbonyl (C=O) groups is 1. The Morgan fingerprint density at radius 1 is 1.12 bits per heavy atom. The molecule has 8 heteroatoms. The van der Waals surface area contributed by atoms with E-state index in [0.29, 0.717) is 30.6 Å². The molecule has 2 aromatic rings. The molecular weight excluding hydrogens is 404 g/mol. The SMILES string of the molecule is CCn1ccc(C(=O)N2CCCC[C@@H]2c2nc3c(c(=O)[nH]2)CN(C2CCCCC2)CC3)n1. The summed E-state index contributed by atoms with van der Waals surface area (Å²) in [5, 5.41) is 4.40. The van der Waals surface area contributed by atoms with Crippen molar-refractivity contribution in [3.8, 4) is 0 Å².